The van der Waals surface area contributed by atoms with Crippen molar-refractivity contribution in [2.75, 3.05) is 13.2 Å². The molecule has 1 aromatic rings. The maximum Gasteiger partial charge on any atom is 0.122 e. The average Bonchev–Trinajstić information content (AvgIpc) is 2.34. The van der Waals surface area contributed by atoms with Crippen LogP contribution in [0.25, 0.3) is 0 Å². The summed E-state index contributed by atoms with van der Waals surface area (Å²) in [6.45, 7) is 7.95. The predicted molar refractivity (Wildman–Crippen MR) is 74.4 cm³/mol. The molecule has 108 valence electrons. The lowest BCUT2D eigenvalue weighted by Crippen LogP contribution is -2.25. The molecule has 1 aromatic carbocycles. The minimum atomic E-state index is -0.641. The molecule has 4 heteroatoms. The second-order valence-electron chi connectivity index (χ2n) is 5.05. The van der Waals surface area contributed by atoms with Crippen molar-refractivity contribution in [2.45, 2.75) is 46.0 Å². The fourth-order valence-corrected chi connectivity index (χ4v) is 1.63. The van der Waals surface area contributed by atoms with Crippen molar-refractivity contribution in [3.05, 3.63) is 29.3 Å². The van der Waals surface area contributed by atoms with Crippen molar-refractivity contribution in [1.82, 2.24) is 0 Å². The molecule has 0 saturated carbocycles. The summed E-state index contributed by atoms with van der Waals surface area (Å²) in [7, 11) is 0. The fraction of sp³-hybridized carbons (Fsp3) is 0.600. The van der Waals surface area contributed by atoms with Crippen LogP contribution in [0.1, 0.15) is 38.0 Å². The SMILES string of the molecule is Cc1cc(C(C)O)ccc1OCC(O)COC(C)C. The zero-order chi connectivity index (χ0) is 14.4. The van der Waals surface area contributed by atoms with E-state index >= 15 is 0 Å². The van der Waals surface area contributed by atoms with Crippen LogP contribution in [0.4, 0.5) is 0 Å². The van der Waals surface area contributed by atoms with E-state index in [2.05, 4.69) is 0 Å². The van der Waals surface area contributed by atoms with Crippen LogP contribution in [-0.4, -0.2) is 35.6 Å². The van der Waals surface area contributed by atoms with Gasteiger partial charge in [0.05, 0.1) is 18.8 Å². The molecular formula is C15H24O4. The van der Waals surface area contributed by atoms with E-state index in [9.17, 15) is 10.2 Å². The van der Waals surface area contributed by atoms with Gasteiger partial charge in [-0.3, -0.25) is 0 Å². The average molecular weight is 268 g/mol. The fourth-order valence-electron chi connectivity index (χ4n) is 1.63. The van der Waals surface area contributed by atoms with Gasteiger partial charge in [0.15, 0.2) is 0 Å². The third kappa shape index (κ3) is 5.59. The normalized spacial score (nSPS) is 14.5. The molecule has 1 rings (SSSR count). The van der Waals surface area contributed by atoms with Crippen molar-refractivity contribution >= 4 is 0 Å². The summed E-state index contributed by atoms with van der Waals surface area (Å²) in [6.07, 6.45) is -1.03. The second kappa shape index (κ2) is 7.48. The van der Waals surface area contributed by atoms with E-state index in [0.29, 0.717) is 5.75 Å². The van der Waals surface area contributed by atoms with Crippen molar-refractivity contribution in [3.8, 4) is 5.75 Å². The van der Waals surface area contributed by atoms with Crippen molar-refractivity contribution < 1.29 is 19.7 Å². The molecule has 0 aliphatic heterocycles. The van der Waals surface area contributed by atoms with Gasteiger partial charge in [0.2, 0.25) is 0 Å². The number of aliphatic hydroxyl groups is 2. The van der Waals surface area contributed by atoms with E-state index < -0.39 is 12.2 Å². The first kappa shape index (κ1) is 16.0. The van der Waals surface area contributed by atoms with Crippen molar-refractivity contribution in [1.29, 1.82) is 0 Å². The van der Waals surface area contributed by atoms with E-state index in [1.165, 1.54) is 0 Å². The van der Waals surface area contributed by atoms with Crippen LogP contribution in [0.5, 0.6) is 5.75 Å². The Labute approximate surface area is 115 Å². The van der Waals surface area contributed by atoms with Crippen LogP contribution in [0.2, 0.25) is 0 Å². The van der Waals surface area contributed by atoms with E-state index in [-0.39, 0.29) is 19.3 Å². The predicted octanol–water partition coefficient (Wildman–Crippen LogP) is 2.21. The van der Waals surface area contributed by atoms with Gasteiger partial charge < -0.3 is 19.7 Å². The molecule has 0 amide bonds. The Morgan fingerprint density at radius 2 is 1.79 bits per heavy atom. The van der Waals surface area contributed by atoms with Gasteiger partial charge in [-0.1, -0.05) is 6.07 Å². The van der Waals surface area contributed by atoms with Gasteiger partial charge in [0.1, 0.15) is 18.5 Å². The molecule has 0 heterocycles. The molecule has 0 saturated heterocycles. The Morgan fingerprint density at radius 1 is 1.11 bits per heavy atom. The summed E-state index contributed by atoms with van der Waals surface area (Å²) >= 11 is 0. The molecule has 0 aliphatic rings. The molecule has 4 nitrogen and oxygen atoms in total. The summed E-state index contributed by atoms with van der Waals surface area (Å²) < 4.78 is 10.9. The molecule has 0 aliphatic carbocycles. The van der Waals surface area contributed by atoms with Gasteiger partial charge >= 0.3 is 0 Å². The first-order chi connectivity index (χ1) is 8.90. The molecule has 2 unspecified atom stereocenters. The van der Waals surface area contributed by atoms with Gasteiger partial charge in [-0.25, -0.2) is 0 Å². The van der Waals surface area contributed by atoms with Crippen LogP contribution >= 0.6 is 0 Å². The maximum atomic E-state index is 9.70. The minimum absolute atomic E-state index is 0.0988. The summed E-state index contributed by atoms with van der Waals surface area (Å²) in [6, 6.07) is 5.52. The molecular weight excluding hydrogens is 244 g/mol. The highest BCUT2D eigenvalue weighted by atomic mass is 16.5. The highest BCUT2D eigenvalue weighted by Gasteiger charge is 2.09. The Hall–Kier alpha value is -1.10. The summed E-state index contributed by atoms with van der Waals surface area (Å²) in [5.41, 5.74) is 1.80. The zero-order valence-electron chi connectivity index (χ0n) is 12.1. The number of benzene rings is 1. The Balaban J connectivity index is 2.49. The molecule has 0 spiro atoms. The van der Waals surface area contributed by atoms with E-state index in [1.54, 1.807) is 6.92 Å². The molecule has 0 bridgehead atoms. The largest absolute Gasteiger partial charge is 0.491 e. The third-order valence-corrected chi connectivity index (χ3v) is 2.73. The smallest absolute Gasteiger partial charge is 0.122 e. The monoisotopic (exact) mass is 268 g/mol. The zero-order valence-corrected chi connectivity index (χ0v) is 12.1. The number of aliphatic hydroxyl groups excluding tert-OH is 2. The number of rotatable bonds is 7. The third-order valence-electron chi connectivity index (χ3n) is 2.73. The number of aryl methyl sites for hydroxylation is 1. The Morgan fingerprint density at radius 3 is 2.32 bits per heavy atom. The molecule has 0 fully saturated rings. The van der Waals surface area contributed by atoms with E-state index in [0.717, 1.165) is 11.1 Å². The minimum Gasteiger partial charge on any atom is -0.491 e. The number of hydrogen-bond acceptors (Lipinski definition) is 4. The Bertz CT molecular complexity index is 388. The number of ether oxygens (including phenoxy) is 2. The van der Waals surface area contributed by atoms with Crippen LogP contribution < -0.4 is 4.74 Å². The van der Waals surface area contributed by atoms with Crippen LogP contribution in [0.15, 0.2) is 18.2 Å². The molecule has 19 heavy (non-hydrogen) atoms. The molecule has 0 radical (unpaired) electrons. The lowest BCUT2D eigenvalue weighted by atomic mass is 10.1. The highest BCUT2D eigenvalue weighted by Crippen LogP contribution is 2.22. The van der Waals surface area contributed by atoms with Gasteiger partial charge in [-0.2, -0.15) is 0 Å². The standard InChI is InChI=1S/C15H24O4/c1-10(2)18-8-14(17)9-19-15-6-5-13(12(4)16)7-11(15)3/h5-7,10,12,14,16-17H,8-9H2,1-4H3. The summed E-state index contributed by atoms with van der Waals surface area (Å²) in [5, 5.41) is 19.2. The molecule has 0 aromatic heterocycles. The lowest BCUT2D eigenvalue weighted by Gasteiger charge is -2.16. The highest BCUT2D eigenvalue weighted by molar-refractivity contribution is 5.36. The van der Waals surface area contributed by atoms with Crippen LogP contribution in [0, 0.1) is 6.92 Å². The Kier molecular flexibility index (Phi) is 6.28. The number of hydrogen-bond donors (Lipinski definition) is 2. The molecule has 2 N–H and O–H groups in total. The van der Waals surface area contributed by atoms with Crippen LogP contribution in [0.3, 0.4) is 0 Å². The lowest BCUT2D eigenvalue weighted by molar-refractivity contribution is -0.0123. The van der Waals surface area contributed by atoms with Gasteiger partial charge in [0, 0.05) is 0 Å². The maximum absolute atomic E-state index is 9.70. The van der Waals surface area contributed by atoms with Crippen molar-refractivity contribution in [2.24, 2.45) is 0 Å². The van der Waals surface area contributed by atoms with Crippen molar-refractivity contribution in [3.63, 3.8) is 0 Å². The quantitative estimate of drug-likeness (QED) is 0.796. The topological polar surface area (TPSA) is 58.9 Å². The summed E-state index contributed by atoms with van der Waals surface area (Å²) in [4.78, 5) is 0. The van der Waals surface area contributed by atoms with E-state index in [1.807, 2.05) is 39.0 Å². The first-order valence-corrected chi connectivity index (χ1v) is 6.61. The second-order valence-corrected chi connectivity index (χ2v) is 5.05. The van der Waals surface area contributed by atoms with E-state index in [4.69, 9.17) is 9.47 Å². The van der Waals surface area contributed by atoms with Crippen LogP contribution in [-0.2, 0) is 4.74 Å². The van der Waals surface area contributed by atoms with Gasteiger partial charge in [0.25, 0.3) is 0 Å². The molecule has 2 atom stereocenters. The first-order valence-electron chi connectivity index (χ1n) is 6.61. The van der Waals surface area contributed by atoms with Gasteiger partial charge in [-0.05, 0) is 51.0 Å². The van der Waals surface area contributed by atoms with Gasteiger partial charge in [-0.15, -0.1) is 0 Å². The summed E-state index contributed by atoms with van der Waals surface area (Å²) in [5.74, 6) is 0.716.